The van der Waals surface area contributed by atoms with E-state index in [-0.39, 0.29) is 0 Å². The van der Waals surface area contributed by atoms with Crippen molar-refractivity contribution in [1.29, 1.82) is 0 Å². The van der Waals surface area contributed by atoms with Crippen LogP contribution in [0.25, 0.3) is 0 Å². The Hall–Kier alpha value is -1.26. The van der Waals surface area contributed by atoms with Crippen LogP contribution in [0.1, 0.15) is 38.2 Å². The minimum absolute atomic E-state index is 0.430. The van der Waals surface area contributed by atoms with Gasteiger partial charge in [0.25, 0.3) is 0 Å². The fourth-order valence-corrected chi connectivity index (χ4v) is 2.70. The lowest BCUT2D eigenvalue weighted by Crippen LogP contribution is -2.10. The Balaban J connectivity index is 1.89. The predicted octanol–water partition coefficient (Wildman–Crippen LogP) is 2.92. The fourth-order valence-electron chi connectivity index (χ4n) is 2.70. The van der Waals surface area contributed by atoms with Gasteiger partial charge in [-0.05, 0) is 57.2 Å². The second kappa shape index (κ2) is 8.90. The monoisotopic (exact) mass is 293 g/mol. The van der Waals surface area contributed by atoms with Crippen LogP contribution < -0.4 is 15.2 Å². The molecular weight excluding hydrogens is 266 g/mol. The number of para-hydroxylation sites is 1. The van der Waals surface area contributed by atoms with E-state index in [0.29, 0.717) is 25.9 Å². The third-order valence-electron chi connectivity index (χ3n) is 3.71. The van der Waals surface area contributed by atoms with Gasteiger partial charge in [0.2, 0.25) is 0 Å². The minimum Gasteiger partial charge on any atom is -0.490 e. The average Bonchev–Trinajstić information content (AvgIpc) is 2.99. The van der Waals surface area contributed by atoms with Crippen molar-refractivity contribution in [3.63, 3.8) is 0 Å². The highest BCUT2D eigenvalue weighted by atomic mass is 16.5. The first-order chi connectivity index (χ1) is 10.3. The number of ether oxygens (including phenoxy) is 3. The van der Waals surface area contributed by atoms with Gasteiger partial charge < -0.3 is 19.9 Å². The van der Waals surface area contributed by atoms with Gasteiger partial charge in [-0.25, -0.2) is 0 Å². The smallest absolute Gasteiger partial charge is 0.164 e. The van der Waals surface area contributed by atoms with Crippen LogP contribution in [0.3, 0.4) is 0 Å². The van der Waals surface area contributed by atoms with Crippen LogP contribution in [0.5, 0.6) is 11.5 Å². The molecule has 1 atom stereocenters. The van der Waals surface area contributed by atoms with Crippen LogP contribution in [0.4, 0.5) is 0 Å². The van der Waals surface area contributed by atoms with Gasteiger partial charge in [-0.15, -0.1) is 0 Å². The van der Waals surface area contributed by atoms with Gasteiger partial charge in [-0.1, -0.05) is 12.1 Å². The summed E-state index contributed by atoms with van der Waals surface area (Å²) < 4.78 is 17.3. The number of rotatable bonds is 9. The Morgan fingerprint density at radius 2 is 2.24 bits per heavy atom. The van der Waals surface area contributed by atoms with E-state index in [4.69, 9.17) is 19.9 Å². The van der Waals surface area contributed by atoms with Crippen molar-refractivity contribution in [3.05, 3.63) is 23.8 Å². The summed E-state index contributed by atoms with van der Waals surface area (Å²) in [6.45, 7) is 4.85. The third-order valence-corrected chi connectivity index (χ3v) is 3.71. The van der Waals surface area contributed by atoms with Crippen molar-refractivity contribution in [2.75, 3.05) is 26.4 Å². The Kier molecular flexibility index (Phi) is 6.83. The molecule has 21 heavy (non-hydrogen) atoms. The van der Waals surface area contributed by atoms with Gasteiger partial charge in [0.15, 0.2) is 11.5 Å². The van der Waals surface area contributed by atoms with Gasteiger partial charge in [0.05, 0.1) is 19.3 Å². The fraction of sp³-hybridized carbons (Fsp3) is 0.647. The number of benzene rings is 1. The summed E-state index contributed by atoms with van der Waals surface area (Å²) in [7, 11) is 0. The lowest BCUT2D eigenvalue weighted by atomic mass is 10.1. The second-order valence-electron chi connectivity index (χ2n) is 5.34. The topological polar surface area (TPSA) is 53.7 Å². The summed E-state index contributed by atoms with van der Waals surface area (Å²) in [4.78, 5) is 0. The zero-order chi connectivity index (χ0) is 14.9. The lowest BCUT2D eigenvalue weighted by Gasteiger charge is -2.16. The molecule has 1 aromatic rings. The Morgan fingerprint density at radius 1 is 1.33 bits per heavy atom. The molecule has 118 valence electrons. The molecule has 0 amide bonds. The molecule has 0 bridgehead atoms. The van der Waals surface area contributed by atoms with Crippen LogP contribution in [0.15, 0.2) is 18.2 Å². The van der Waals surface area contributed by atoms with Crippen molar-refractivity contribution >= 4 is 0 Å². The quantitative estimate of drug-likeness (QED) is 0.711. The van der Waals surface area contributed by atoms with Crippen molar-refractivity contribution < 1.29 is 14.2 Å². The Bertz CT molecular complexity index is 392. The minimum atomic E-state index is 0.430. The first-order valence-electron chi connectivity index (χ1n) is 8.04. The molecular formula is C17H27NO3. The predicted molar refractivity (Wildman–Crippen MR) is 84.1 cm³/mol. The van der Waals surface area contributed by atoms with Gasteiger partial charge in [0, 0.05) is 6.61 Å². The first-order valence-corrected chi connectivity index (χ1v) is 8.04. The van der Waals surface area contributed by atoms with Gasteiger partial charge in [0.1, 0.15) is 0 Å². The molecule has 1 heterocycles. The highest BCUT2D eigenvalue weighted by Crippen LogP contribution is 2.32. The molecule has 0 aromatic heterocycles. The highest BCUT2D eigenvalue weighted by Gasteiger charge is 2.15. The van der Waals surface area contributed by atoms with E-state index in [9.17, 15) is 0 Å². The summed E-state index contributed by atoms with van der Waals surface area (Å²) in [6, 6.07) is 6.01. The molecule has 1 aliphatic rings. The van der Waals surface area contributed by atoms with Crippen LogP contribution in [0, 0.1) is 0 Å². The van der Waals surface area contributed by atoms with Crippen LogP contribution in [-0.4, -0.2) is 32.5 Å². The zero-order valence-electron chi connectivity index (χ0n) is 13.0. The molecule has 0 aliphatic carbocycles. The van der Waals surface area contributed by atoms with Crippen LogP contribution >= 0.6 is 0 Å². The van der Waals surface area contributed by atoms with E-state index in [2.05, 4.69) is 6.07 Å². The Labute approximate surface area is 127 Å². The molecule has 0 saturated carbocycles. The maximum Gasteiger partial charge on any atom is 0.164 e. The summed E-state index contributed by atoms with van der Waals surface area (Å²) in [5, 5.41) is 0. The van der Waals surface area contributed by atoms with Crippen LogP contribution in [0.2, 0.25) is 0 Å². The van der Waals surface area contributed by atoms with E-state index < -0.39 is 0 Å². The van der Waals surface area contributed by atoms with Crippen molar-refractivity contribution in [3.8, 4) is 11.5 Å². The van der Waals surface area contributed by atoms with Gasteiger partial charge >= 0.3 is 0 Å². The SMILES string of the molecule is CCOc1cccc(CCN)c1OCCCC1CCCO1. The molecule has 1 saturated heterocycles. The molecule has 1 unspecified atom stereocenters. The molecule has 2 N–H and O–H groups in total. The van der Waals surface area contributed by atoms with Crippen molar-refractivity contribution in [2.45, 2.75) is 45.1 Å². The average molecular weight is 293 g/mol. The number of hydrogen-bond donors (Lipinski definition) is 1. The first kappa shape index (κ1) is 16.1. The molecule has 0 spiro atoms. The van der Waals surface area contributed by atoms with E-state index >= 15 is 0 Å². The van der Waals surface area contributed by atoms with Crippen LogP contribution in [-0.2, 0) is 11.2 Å². The maximum absolute atomic E-state index is 6.00. The largest absolute Gasteiger partial charge is 0.490 e. The van der Waals surface area contributed by atoms with Gasteiger partial charge in [-0.3, -0.25) is 0 Å². The van der Waals surface area contributed by atoms with E-state index in [1.165, 1.54) is 12.8 Å². The molecule has 2 rings (SSSR count). The van der Waals surface area contributed by atoms with Gasteiger partial charge in [-0.2, -0.15) is 0 Å². The third kappa shape index (κ3) is 4.90. The molecule has 0 radical (unpaired) electrons. The standard InChI is InChI=1S/C17H27NO3/c1-2-19-16-9-3-6-14(10-11-18)17(16)21-13-5-8-15-7-4-12-20-15/h3,6,9,15H,2,4-5,7-8,10-13,18H2,1H3. The molecule has 4 nitrogen and oxygen atoms in total. The lowest BCUT2D eigenvalue weighted by molar-refractivity contribution is 0.0979. The molecule has 1 aromatic carbocycles. The normalized spacial score (nSPS) is 17.9. The molecule has 1 aliphatic heterocycles. The second-order valence-corrected chi connectivity index (χ2v) is 5.34. The summed E-state index contributed by atoms with van der Waals surface area (Å²) in [5.74, 6) is 1.68. The van der Waals surface area contributed by atoms with Crippen molar-refractivity contribution in [2.24, 2.45) is 5.73 Å². The van der Waals surface area contributed by atoms with E-state index in [1.807, 2.05) is 19.1 Å². The maximum atomic E-state index is 6.00. The summed E-state index contributed by atoms with van der Waals surface area (Å²) in [6.07, 6.45) is 5.70. The number of nitrogens with two attached hydrogens (primary N) is 1. The highest BCUT2D eigenvalue weighted by molar-refractivity contribution is 5.46. The summed E-state index contributed by atoms with van der Waals surface area (Å²) >= 11 is 0. The molecule has 1 fully saturated rings. The number of hydrogen-bond acceptors (Lipinski definition) is 4. The van der Waals surface area contributed by atoms with Crippen molar-refractivity contribution in [1.82, 2.24) is 0 Å². The Morgan fingerprint density at radius 3 is 2.95 bits per heavy atom. The zero-order valence-corrected chi connectivity index (χ0v) is 13.0. The van der Waals surface area contributed by atoms with E-state index in [0.717, 1.165) is 42.9 Å². The molecule has 4 heteroatoms. The van der Waals surface area contributed by atoms with E-state index in [1.54, 1.807) is 0 Å². The summed E-state index contributed by atoms with van der Waals surface area (Å²) in [5.41, 5.74) is 6.80.